The van der Waals surface area contributed by atoms with Crippen molar-refractivity contribution in [1.29, 1.82) is 0 Å². The van der Waals surface area contributed by atoms with Crippen LogP contribution in [0.3, 0.4) is 0 Å². The zero-order valence-electron chi connectivity index (χ0n) is 11.2. The summed E-state index contributed by atoms with van der Waals surface area (Å²) in [6, 6.07) is 4.42. The first kappa shape index (κ1) is 13.6. The third kappa shape index (κ3) is 3.33. The fourth-order valence-corrected chi connectivity index (χ4v) is 3.09. The summed E-state index contributed by atoms with van der Waals surface area (Å²) >= 11 is 1.72. The maximum absolute atomic E-state index is 12.6. The average molecular weight is 266 g/mol. The molecule has 0 aromatic carbocycles. The number of thiophene rings is 1. The number of piperidine rings is 1. The smallest absolute Gasteiger partial charge is 0.227 e. The van der Waals surface area contributed by atoms with Gasteiger partial charge in [-0.1, -0.05) is 6.07 Å². The van der Waals surface area contributed by atoms with Crippen molar-refractivity contribution in [1.82, 2.24) is 10.2 Å². The molecule has 1 saturated heterocycles. The predicted octanol–water partition coefficient (Wildman–Crippen LogP) is 2.48. The average Bonchev–Trinajstić information content (AvgIpc) is 2.89. The Balaban J connectivity index is 2.02. The lowest BCUT2D eigenvalue weighted by atomic mass is 9.97. The van der Waals surface area contributed by atoms with E-state index in [0.29, 0.717) is 5.91 Å². The molecular weight excluding hydrogens is 244 g/mol. The molecule has 0 aliphatic carbocycles. The molecule has 2 heterocycles. The number of nitrogens with one attached hydrogen (secondary N) is 1. The van der Waals surface area contributed by atoms with Crippen LogP contribution in [0.25, 0.3) is 0 Å². The Labute approximate surface area is 113 Å². The van der Waals surface area contributed by atoms with Crippen molar-refractivity contribution in [2.24, 2.45) is 5.92 Å². The van der Waals surface area contributed by atoms with Gasteiger partial charge in [-0.05, 0) is 44.7 Å². The first-order chi connectivity index (χ1) is 8.68. The second kappa shape index (κ2) is 6.34. The van der Waals surface area contributed by atoms with Crippen molar-refractivity contribution >= 4 is 17.2 Å². The third-order valence-corrected chi connectivity index (χ3v) is 4.32. The molecule has 1 aromatic rings. The lowest BCUT2D eigenvalue weighted by molar-refractivity contribution is -0.138. The molecule has 0 unspecified atom stereocenters. The molecule has 100 valence electrons. The van der Waals surface area contributed by atoms with Gasteiger partial charge in [-0.3, -0.25) is 4.79 Å². The molecule has 18 heavy (non-hydrogen) atoms. The number of amides is 1. The molecule has 0 bridgehead atoms. The van der Waals surface area contributed by atoms with Gasteiger partial charge in [-0.15, -0.1) is 11.3 Å². The van der Waals surface area contributed by atoms with Crippen molar-refractivity contribution in [2.75, 3.05) is 13.1 Å². The lowest BCUT2D eigenvalue weighted by Gasteiger charge is -2.32. The highest BCUT2D eigenvalue weighted by atomic mass is 32.1. The Hall–Kier alpha value is -0.870. The van der Waals surface area contributed by atoms with E-state index >= 15 is 0 Å². The van der Waals surface area contributed by atoms with Crippen molar-refractivity contribution in [3.05, 3.63) is 22.4 Å². The Morgan fingerprint density at radius 3 is 3.00 bits per heavy atom. The summed E-state index contributed by atoms with van der Waals surface area (Å²) in [4.78, 5) is 15.8. The molecule has 0 spiro atoms. The second-order valence-electron chi connectivity index (χ2n) is 5.18. The van der Waals surface area contributed by atoms with Crippen LogP contribution in [0.1, 0.15) is 31.6 Å². The van der Waals surface area contributed by atoms with Gasteiger partial charge in [-0.2, -0.15) is 0 Å². The maximum atomic E-state index is 12.6. The van der Waals surface area contributed by atoms with E-state index in [9.17, 15) is 4.79 Å². The van der Waals surface area contributed by atoms with Crippen LogP contribution in [-0.2, 0) is 11.3 Å². The maximum Gasteiger partial charge on any atom is 0.227 e. The number of rotatable bonds is 4. The molecule has 1 amide bonds. The van der Waals surface area contributed by atoms with Crippen molar-refractivity contribution < 1.29 is 4.79 Å². The fraction of sp³-hybridized carbons (Fsp3) is 0.643. The molecule has 1 atom stereocenters. The lowest BCUT2D eigenvalue weighted by Crippen LogP contribution is -2.45. The first-order valence-electron chi connectivity index (χ1n) is 6.72. The van der Waals surface area contributed by atoms with Gasteiger partial charge in [0.15, 0.2) is 0 Å². The van der Waals surface area contributed by atoms with Gasteiger partial charge in [0.1, 0.15) is 0 Å². The summed E-state index contributed by atoms with van der Waals surface area (Å²) in [6.07, 6.45) is 2.14. The van der Waals surface area contributed by atoms with E-state index in [-0.39, 0.29) is 12.0 Å². The summed E-state index contributed by atoms with van der Waals surface area (Å²) in [5.74, 6) is 0.478. The topological polar surface area (TPSA) is 32.3 Å². The van der Waals surface area contributed by atoms with Crippen LogP contribution in [0.2, 0.25) is 0 Å². The minimum absolute atomic E-state index is 0.168. The van der Waals surface area contributed by atoms with Crippen LogP contribution in [0.5, 0.6) is 0 Å². The molecule has 2 rings (SSSR count). The van der Waals surface area contributed by atoms with Crippen molar-refractivity contribution in [3.8, 4) is 0 Å². The molecule has 1 aliphatic heterocycles. The quantitative estimate of drug-likeness (QED) is 0.908. The van der Waals surface area contributed by atoms with E-state index < -0.39 is 0 Å². The number of hydrogen-bond donors (Lipinski definition) is 1. The standard InChI is InChI=1S/C14H22N2OS/c1-11(2)16(10-13-6-4-8-18-13)14(17)12-5-3-7-15-9-12/h4,6,8,11-12,15H,3,5,7,9-10H2,1-2H3/t12-/m1/s1. The molecule has 4 heteroatoms. The van der Waals surface area contributed by atoms with Gasteiger partial charge >= 0.3 is 0 Å². The normalized spacial score (nSPS) is 20.1. The monoisotopic (exact) mass is 266 g/mol. The molecule has 3 nitrogen and oxygen atoms in total. The zero-order chi connectivity index (χ0) is 13.0. The van der Waals surface area contributed by atoms with Gasteiger partial charge in [0.05, 0.1) is 12.5 Å². The van der Waals surface area contributed by atoms with Crippen LogP contribution in [0.4, 0.5) is 0 Å². The molecular formula is C14H22N2OS. The van der Waals surface area contributed by atoms with Gasteiger partial charge in [-0.25, -0.2) is 0 Å². The van der Waals surface area contributed by atoms with E-state index in [1.165, 1.54) is 4.88 Å². The third-order valence-electron chi connectivity index (χ3n) is 3.46. The summed E-state index contributed by atoms with van der Waals surface area (Å²) in [5.41, 5.74) is 0. The Kier molecular flexibility index (Phi) is 4.78. The van der Waals surface area contributed by atoms with E-state index in [1.54, 1.807) is 11.3 Å². The molecule has 1 fully saturated rings. The van der Waals surface area contributed by atoms with Crippen LogP contribution < -0.4 is 5.32 Å². The number of carbonyl (C=O) groups is 1. The zero-order valence-corrected chi connectivity index (χ0v) is 12.0. The van der Waals surface area contributed by atoms with Crippen molar-refractivity contribution in [2.45, 2.75) is 39.3 Å². The minimum Gasteiger partial charge on any atom is -0.335 e. The largest absolute Gasteiger partial charge is 0.335 e. The Morgan fingerprint density at radius 1 is 1.61 bits per heavy atom. The fourth-order valence-electron chi connectivity index (χ4n) is 2.38. The van der Waals surface area contributed by atoms with Gasteiger partial charge < -0.3 is 10.2 Å². The highest BCUT2D eigenvalue weighted by molar-refractivity contribution is 7.09. The second-order valence-corrected chi connectivity index (χ2v) is 6.21. The Bertz CT molecular complexity index is 369. The number of carbonyl (C=O) groups excluding carboxylic acids is 1. The highest BCUT2D eigenvalue weighted by Gasteiger charge is 2.27. The van der Waals surface area contributed by atoms with E-state index in [0.717, 1.165) is 32.5 Å². The van der Waals surface area contributed by atoms with Crippen molar-refractivity contribution in [3.63, 3.8) is 0 Å². The van der Waals surface area contributed by atoms with Crippen LogP contribution in [-0.4, -0.2) is 29.9 Å². The van der Waals surface area contributed by atoms with E-state index in [1.807, 2.05) is 11.0 Å². The Morgan fingerprint density at radius 2 is 2.44 bits per heavy atom. The van der Waals surface area contributed by atoms with Crippen LogP contribution in [0.15, 0.2) is 17.5 Å². The SMILES string of the molecule is CC(C)N(Cc1cccs1)C(=O)[C@@H]1CCCNC1. The van der Waals surface area contributed by atoms with Gasteiger partial charge in [0.25, 0.3) is 0 Å². The molecule has 1 N–H and O–H groups in total. The molecule has 0 saturated carbocycles. The number of hydrogen-bond acceptors (Lipinski definition) is 3. The van der Waals surface area contributed by atoms with Gasteiger partial charge in [0.2, 0.25) is 5.91 Å². The summed E-state index contributed by atoms with van der Waals surface area (Å²) in [7, 11) is 0. The van der Waals surface area contributed by atoms with E-state index in [4.69, 9.17) is 0 Å². The summed E-state index contributed by atoms with van der Waals surface area (Å²) in [6.45, 7) is 6.84. The molecule has 0 radical (unpaired) electrons. The predicted molar refractivity (Wildman–Crippen MR) is 75.6 cm³/mol. The molecule has 1 aromatic heterocycles. The van der Waals surface area contributed by atoms with Crippen LogP contribution in [0, 0.1) is 5.92 Å². The highest BCUT2D eigenvalue weighted by Crippen LogP contribution is 2.19. The summed E-state index contributed by atoms with van der Waals surface area (Å²) < 4.78 is 0. The summed E-state index contributed by atoms with van der Waals surface area (Å²) in [5, 5.41) is 5.39. The van der Waals surface area contributed by atoms with Gasteiger partial charge in [0, 0.05) is 17.5 Å². The minimum atomic E-state index is 0.168. The first-order valence-corrected chi connectivity index (χ1v) is 7.60. The van der Waals surface area contributed by atoms with E-state index in [2.05, 4.69) is 30.6 Å². The number of nitrogens with zero attached hydrogens (tertiary/aromatic N) is 1. The van der Waals surface area contributed by atoms with Crippen LogP contribution >= 0.6 is 11.3 Å². The molecule has 1 aliphatic rings.